The number of imidazole rings is 1. The number of pyridine rings is 1. The van der Waals surface area contributed by atoms with Gasteiger partial charge in [-0.1, -0.05) is 13.8 Å². The first-order valence-corrected chi connectivity index (χ1v) is 7.58. The molecule has 0 aliphatic carbocycles. The average Bonchev–Trinajstić information content (AvgIpc) is 2.81. The van der Waals surface area contributed by atoms with Crippen molar-refractivity contribution in [2.45, 2.75) is 45.5 Å². The molecule has 0 saturated carbocycles. The van der Waals surface area contributed by atoms with Crippen molar-refractivity contribution >= 4 is 22.8 Å². The molecule has 0 bridgehead atoms. The monoisotopic (exact) mass is 295 g/mol. The fourth-order valence-electron chi connectivity index (χ4n) is 2.38. The van der Waals surface area contributed by atoms with Gasteiger partial charge in [-0.15, -0.1) is 11.6 Å². The Kier molecular flexibility index (Phi) is 4.86. The van der Waals surface area contributed by atoms with Crippen molar-refractivity contribution in [1.29, 1.82) is 0 Å². The molecule has 2 heterocycles. The van der Waals surface area contributed by atoms with E-state index in [1.807, 2.05) is 12.1 Å². The zero-order chi connectivity index (χ0) is 14.7. The van der Waals surface area contributed by atoms with Gasteiger partial charge in [0.15, 0.2) is 5.65 Å². The number of fused-ring (bicyclic) bond motifs is 1. The molecule has 2 rings (SSSR count). The summed E-state index contributed by atoms with van der Waals surface area (Å²) in [5, 5.41) is 0. The molecule has 0 saturated heterocycles. The summed E-state index contributed by atoms with van der Waals surface area (Å²) in [7, 11) is 1.62. The van der Waals surface area contributed by atoms with Gasteiger partial charge in [0.2, 0.25) is 5.88 Å². The van der Waals surface area contributed by atoms with Gasteiger partial charge in [-0.2, -0.15) is 4.98 Å². The van der Waals surface area contributed by atoms with Gasteiger partial charge in [-0.25, -0.2) is 4.98 Å². The molecule has 2 aromatic rings. The van der Waals surface area contributed by atoms with Crippen LogP contribution in [0.1, 0.15) is 45.5 Å². The van der Waals surface area contributed by atoms with E-state index in [2.05, 4.69) is 35.3 Å². The van der Waals surface area contributed by atoms with E-state index in [1.165, 1.54) is 6.42 Å². The van der Waals surface area contributed by atoms with Crippen molar-refractivity contribution in [3.05, 3.63) is 18.0 Å². The summed E-state index contributed by atoms with van der Waals surface area (Å²) in [5.74, 6) is 2.56. The zero-order valence-corrected chi connectivity index (χ0v) is 13.3. The van der Waals surface area contributed by atoms with Crippen molar-refractivity contribution < 1.29 is 4.74 Å². The first-order valence-electron chi connectivity index (χ1n) is 7.04. The first-order chi connectivity index (χ1) is 9.56. The van der Waals surface area contributed by atoms with Crippen LogP contribution < -0.4 is 4.74 Å². The molecule has 0 aromatic carbocycles. The van der Waals surface area contributed by atoms with Crippen LogP contribution in [0.15, 0.2) is 12.1 Å². The lowest BCUT2D eigenvalue weighted by Crippen LogP contribution is -2.10. The SMILES string of the molecule is COc1ccc2nc(CCl)n(C(C)CCC(C)C)c2n1. The molecule has 110 valence electrons. The van der Waals surface area contributed by atoms with Crippen molar-refractivity contribution in [2.75, 3.05) is 7.11 Å². The van der Waals surface area contributed by atoms with E-state index in [4.69, 9.17) is 16.3 Å². The third kappa shape index (κ3) is 3.06. The second kappa shape index (κ2) is 6.44. The summed E-state index contributed by atoms with van der Waals surface area (Å²) in [5.41, 5.74) is 1.73. The molecule has 1 unspecified atom stereocenters. The molecule has 20 heavy (non-hydrogen) atoms. The van der Waals surface area contributed by atoms with Crippen LogP contribution >= 0.6 is 11.6 Å². The Balaban J connectivity index is 2.42. The van der Waals surface area contributed by atoms with Crippen LogP contribution in [0.4, 0.5) is 0 Å². The lowest BCUT2D eigenvalue weighted by atomic mass is 10.0. The Morgan fingerprint density at radius 1 is 1.20 bits per heavy atom. The van der Waals surface area contributed by atoms with Gasteiger partial charge in [0.1, 0.15) is 11.3 Å². The molecular weight excluding hydrogens is 274 g/mol. The highest BCUT2D eigenvalue weighted by molar-refractivity contribution is 6.16. The standard InChI is InChI=1S/C15H22ClN3O/c1-10(2)5-6-11(3)19-13(9-16)17-12-7-8-14(20-4)18-15(12)19/h7-8,10-11H,5-6,9H2,1-4H3. The third-order valence-corrected chi connectivity index (χ3v) is 3.76. The van der Waals surface area contributed by atoms with Gasteiger partial charge in [-0.3, -0.25) is 0 Å². The lowest BCUT2D eigenvalue weighted by Gasteiger charge is -2.17. The Bertz CT molecular complexity index is 580. The average molecular weight is 296 g/mol. The minimum Gasteiger partial charge on any atom is -0.481 e. The quantitative estimate of drug-likeness (QED) is 0.751. The van der Waals surface area contributed by atoms with E-state index >= 15 is 0 Å². The smallest absolute Gasteiger partial charge is 0.215 e. The molecule has 0 spiro atoms. The van der Waals surface area contributed by atoms with E-state index in [0.717, 1.165) is 23.4 Å². The molecule has 0 aliphatic rings. The minimum absolute atomic E-state index is 0.329. The molecule has 4 nitrogen and oxygen atoms in total. The van der Waals surface area contributed by atoms with Gasteiger partial charge in [-0.05, 0) is 31.7 Å². The lowest BCUT2D eigenvalue weighted by molar-refractivity contribution is 0.397. The molecule has 0 amide bonds. The largest absolute Gasteiger partial charge is 0.481 e. The number of hydrogen-bond acceptors (Lipinski definition) is 3. The molecule has 1 atom stereocenters. The molecule has 5 heteroatoms. The van der Waals surface area contributed by atoms with Crippen LogP contribution in [0, 0.1) is 5.92 Å². The summed E-state index contributed by atoms with van der Waals surface area (Å²) in [6, 6.07) is 4.09. The van der Waals surface area contributed by atoms with Crippen LogP contribution in [-0.4, -0.2) is 21.6 Å². The van der Waals surface area contributed by atoms with Crippen LogP contribution in [-0.2, 0) is 5.88 Å². The number of halogens is 1. The molecule has 0 N–H and O–H groups in total. The second-order valence-corrected chi connectivity index (χ2v) is 5.82. The highest BCUT2D eigenvalue weighted by atomic mass is 35.5. The highest BCUT2D eigenvalue weighted by Crippen LogP contribution is 2.26. The van der Waals surface area contributed by atoms with Gasteiger partial charge < -0.3 is 9.30 Å². The fourth-order valence-corrected chi connectivity index (χ4v) is 2.57. The van der Waals surface area contributed by atoms with Gasteiger partial charge >= 0.3 is 0 Å². The molecular formula is C15H22ClN3O. The minimum atomic E-state index is 0.329. The summed E-state index contributed by atoms with van der Waals surface area (Å²) in [4.78, 5) is 9.10. The molecule has 2 aromatic heterocycles. The van der Waals surface area contributed by atoms with Gasteiger partial charge in [0.25, 0.3) is 0 Å². The van der Waals surface area contributed by atoms with E-state index in [-0.39, 0.29) is 0 Å². The summed E-state index contributed by atoms with van der Waals surface area (Å²) < 4.78 is 7.36. The van der Waals surface area contributed by atoms with Gasteiger partial charge in [0, 0.05) is 12.1 Å². The number of ether oxygens (including phenoxy) is 1. The Labute approximate surface area is 125 Å². The van der Waals surface area contributed by atoms with Crippen molar-refractivity contribution in [1.82, 2.24) is 14.5 Å². The maximum atomic E-state index is 6.04. The zero-order valence-electron chi connectivity index (χ0n) is 12.6. The molecule has 0 radical (unpaired) electrons. The number of aromatic nitrogens is 3. The number of alkyl halides is 1. The van der Waals surface area contributed by atoms with Crippen molar-refractivity contribution in [3.8, 4) is 5.88 Å². The predicted octanol–water partition coefficient (Wildman–Crippen LogP) is 4.18. The summed E-state index contributed by atoms with van der Waals surface area (Å²) in [6.07, 6.45) is 2.26. The molecule has 0 aliphatic heterocycles. The predicted molar refractivity (Wildman–Crippen MR) is 82.4 cm³/mol. The van der Waals surface area contributed by atoms with Crippen molar-refractivity contribution in [3.63, 3.8) is 0 Å². The van der Waals surface area contributed by atoms with E-state index in [0.29, 0.717) is 23.7 Å². The van der Waals surface area contributed by atoms with Crippen molar-refractivity contribution in [2.24, 2.45) is 5.92 Å². The number of methoxy groups -OCH3 is 1. The highest BCUT2D eigenvalue weighted by Gasteiger charge is 2.17. The van der Waals surface area contributed by atoms with Crippen LogP contribution in [0.5, 0.6) is 5.88 Å². The number of nitrogens with zero attached hydrogens (tertiary/aromatic N) is 3. The Hall–Kier alpha value is -1.29. The van der Waals surface area contributed by atoms with E-state index in [9.17, 15) is 0 Å². The first kappa shape index (κ1) is 15.1. The van der Waals surface area contributed by atoms with E-state index in [1.54, 1.807) is 7.11 Å². The second-order valence-electron chi connectivity index (χ2n) is 5.55. The number of hydrogen-bond donors (Lipinski definition) is 0. The van der Waals surface area contributed by atoms with Crippen LogP contribution in [0.2, 0.25) is 0 Å². The Morgan fingerprint density at radius 2 is 1.95 bits per heavy atom. The van der Waals surface area contributed by atoms with E-state index < -0.39 is 0 Å². The maximum absolute atomic E-state index is 6.04. The fraction of sp³-hybridized carbons (Fsp3) is 0.600. The number of rotatable bonds is 6. The third-order valence-electron chi connectivity index (χ3n) is 3.52. The van der Waals surface area contributed by atoms with Crippen LogP contribution in [0.25, 0.3) is 11.2 Å². The summed E-state index contributed by atoms with van der Waals surface area (Å²) >= 11 is 6.04. The maximum Gasteiger partial charge on any atom is 0.215 e. The molecule has 0 fully saturated rings. The summed E-state index contributed by atoms with van der Waals surface area (Å²) in [6.45, 7) is 6.67. The topological polar surface area (TPSA) is 39.9 Å². The van der Waals surface area contributed by atoms with Crippen LogP contribution in [0.3, 0.4) is 0 Å². The Morgan fingerprint density at radius 3 is 2.55 bits per heavy atom. The normalized spacial score (nSPS) is 13.1. The van der Waals surface area contributed by atoms with Gasteiger partial charge in [0.05, 0.1) is 13.0 Å².